The van der Waals surface area contributed by atoms with Gasteiger partial charge in [0.15, 0.2) is 11.5 Å². The molecule has 0 amide bonds. The predicted molar refractivity (Wildman–Crippen MR) is 96.9 cm³/mol. The largest absolute Gasteiger partial charge is 0.493 e. The fourth-order valence-electron chi connectivity index (χ4n) is 3.48. The minimum Gasteiger partial charge on any atom is -0.493 e. The summed E-state index contributed by atoms with van der Waals surface area (Å²) in [5, 5.41) is 7.99. The molecule has 1 aromatic carbocycles. The van der Waals surface area contributed by atoms with Crippen LogP contribution in [0.1, 0.15) is 50.6 Å². The smallest absolute Gasteiger partial charge is 0.161 e. The summed E-state index contributed by atoms with van der Waals surface area (Å²) in [6.45, 7) is 4.97. The number of nitrogens with one attached hydrogen (secondary N) is 2. The minimum absolute atomic E-state index is 0.223. The lowest BCUT2D eigenvalue weighted by Gasteiger charge is -2.25. The first-order valence-electron chi connectivity index (χ1n) is 9.17. The molecule has 1 aromatic rings. The van der Waals surface area contributed by atoms with E-state index in [9.17, 15) is 0 Å². The van der Waals surface area contributed by atoms with Crippen molar-refractivity contribution in [3.63, 3.8) is 0 Å². The van der Waals surface area contributed by atoms with Crippen LogP contribution in [0.4, 0.5) is 0 Å². The number of rotatable bonds is 8. The normalized spacial score (nSPS) is 22.5. The number of methoxy groups -OCH3 is 1. The molecule has 2 aliphatic rings. The average Bonchev–Trinajstić information content (AvgIpc) is 3.06. The quantitative estimate of drug-likeness (QED) is 0.718. The molecular formula is C19H29N3O2. The monoisotopic (exact) mass is 331 g/mol. The first-order valence-corrected chi connectivity index (χ1v) is 9.17. The Morgan fingerprint density at radius 2 is 2.12 bits per heavy atom. The molecule has 5 heteroatoms. The summed E-state index contributed by atoms with van der Waals surface area (Å²) in [5.74, 6) is 2.07. The molecule has 2 unspecified atom stereocenters. The summed E-state index contributed by atoms with van der Waals surface area (Å²) < 4.78 is 11.5. The lowest BCUT2D eigenvalue weighted by atomic mass is 9.87. The van der Waals surface area contributed by atoms with E-state index in [1.54, 1.807) is 7.11 Å². The Morgan fingerprint density at radius 3 is 2.96 bits per heavy atom. The Labute approximate surface area is 144 Å². The Bertz CT molecular complexity index is 574. The third kappa shape index (κ3) is 3.83. The van der Waals surface area contributed by atoms with Crippen molar-refractivity contribution >= 4 is 5.71 Å². The zero-order valence-electron chi connectivity index (χ0n) is 14.8. The van der Waals surface area contributed by atoms with Crippen LogP contribution in [-0.2, 0) is 0 Å². The number of ether oxygens (including phenoxy) is 2. The van der Waals surface area contributed by atoms with Gasteiger partial charge < -0.3 is 20.2 Å². The maximum absolute atomic E-state index is 5.91. The van der Waals surface area contributed by atoms with Gasteiger partial charge in [-0.2, -0.15) is 5.10 Å². The van der Waals surface area contributed by atoms with Crippen LogP contribution in [0.5, 0.6) is 11.5 Å². The summed E-state index contributed by atoms with van der Waals surface area (Å²) in [5.41, 5.74) is 5.80. The Kier molecular flexibility index (Phi) is 5.96. The van der Waals surface area contributed by atoms with Crippen molar-refractivity contribution in [1.82, 2.24) is 10.7 Å². The molecular weight excluding hydrogens is 302 g/mol. The minimum atomic E-state index is 0.223. The molecule has 132 valence electrons. The molecule has 24 heavy (non-hydrogen) atoms. The molecule has 0 saturated carbocycles. The zero-order chi connectivity index (χ0) is 16.8. The molecule has 1 saturated heterocycles. The lowest BCUT2D eigenvalue weighted by Crippen LogP contribution is -2.38. The maximum atomic E-state index is 5.91. The number of fused-ring (bicyclic) bond motifs is 1. The second-order valence-electron chi connectivity index (χ2n) is 6.59. The molecule has 2 atom stereocenters. The summed E-state index contributed by atoms with van der Waals surface area (Å²) in [6.07, 6.45) is 5.85. The molecule has 0 aromatic heterocycles. The van der Waals surface area contributed by atoms with Gasteiger partial charge in [0, 0.05) is 31.1 Å². The highest BCUT2D eigenvalue weighted by atomic mass is 16.5. The van der Waals surface area contributed by atoms with Crippen LogP contribution in [0.25, 0.3) is 0 Å². The number of hydrogen-bond donors (Lipinski definition) is 2. The fraction of sp³-hybridized carbons (Fsp3) is 0.632. The van der Waals surface area contributed by atoms with Gasteiger partial charge in [-0.15, -0.1) is 0 Å². The highest BCUT2D eigenvalue weighted by Gasteiger charge is 2.34. The van der Waals surface area contributed by atoms with Crippen molar-refractivity contribution in [3.05, 3.63) is 23.8 Å². The van der Waals surface area contributed by atoms with Crippen LogP contribution in [0.3, 0.4) is 0 Å². The average molecular weight is 331 g/mol. The molecule has 2 aliphatic heterocycles. The van der Waals surface area contributed by atoms with Crippen LogP contribution in [-0.4, -0.2) is 32.5 Å². The standard InChI is InChI=1S/C19H29N3O2/c1-3-4-5-6-11-24-17-8-7-14(12-18(17)23-2)19-15-13-20-10-9-16(15)21-22-19/h7-8,12,15,19-20,22H,3-6,9-11,13H2,1-2H3. The maximum Gasteiger partial charge on any atom is 0.161 e. The van der Waals surface area contributed by atoms with Gasteiger partial charge in [-0.05, 0) is 24.1 Å². The van der Waals surface area contributed by atoms with Gasteiger partial charge >= 0.3 is 0 Å². The summed E-state index contributed by atoms with van der Waals surface area (Å²) >= 11 is 0. The Balaban J connectivity index is 1.63. The highest BCUT2D eigenvalue weighted by Crippen LogP contribution is 2.35. The van der Waals surface area contributed by atoms with E-state index < -0.39 is 0 Å². The molecule has 0 spiro atoms. The van der Waals surface area contributed by atoms with Gasteiger partial charge in [-0.1, -0.05) is 32.3 Å². The van der Waals surface area contributed by atoms with E-state index >= 15 is 0 Å². The van der Waals surface area contributed by atoms with Gasteiger partial charge in [0.05, 0.1) is 19.8 Å². The van der Waals surface area contributed by atoms with E-state index in [0.29, 0.717) is 5.92 Å². The summed E-state index contributed by atoms with van der Waals surface area (Å²) in [6, 6.07) is 6.48. The second-order valence-corrected chi connectivity index (χ2v) is 6.59. The van der Waals surface area contributed by atoms with Gasteiger partial charge in [0.2, 0.25) is 0 Å². The zero-order valence-corrected chi connectivity index (χ0v) is 14.8. The molecule has 1 fully saturated rings. The summed E-state index contributed by atoms with van der Waals surface area (Å²) in [7, 11) is 1.70. The van der Waals surface area contributed by atoms with E-state index in [4.69, 9.17) is 9.47 Å². The molecule has 5 nitrogen and oxygen atoms in total. The number of piperidine rings is 1. The van der Waals surface area contributed by atoms with Crippen molar-refractivity contribution in [2.75, 3.05) is 26.8 Å². The third-order valence-electron chi connectivity index (χ3n) is 4.90. The molecule has 3 rings (SSSR count). The number of hydrogen-bond acceptors (Lipinski definition) is 5. The van der Waals surface area contributed by atoms with Gasteiger partial charge in [-0.3, -0.25) is 0 Å². The van der Waals surface area contributed by atoms with Crippen molar-refractivity contribution in [2.24, 2.45) is 11.0 Å². The predicted octanol–water partition coefficient (Wildman–Crippen LogP) is 3.26. The Morgan fingerprint density at radius 1 is 1.21 bits per heavy atom. The SMILES string of the molecule is CCCCCCOc1ccc(C2NN=C3CCNCC32)cc1OC. The molecule has 0 radical (unpaired) electrons. The van der Waals surface area contributed by atoms with Crippen molar-refractivity contribution < 1.29 is 9.47 Å². The Hall–Kier alpha value is -1.75. The number of nitrogens with zero attached hydrogens (tertiary/aromatic N) is 1. The third-order valence-corrected chi connectivity index (χ3v) is 4.90. The van der Waals surface area contributed by atoms with Crippen LogP contribution in [0, 0.1) is 5.92 Å². The summed E-state index contributed by atoms with van der Waals surface area (Å²) in [4.78, 5) is 0. The number of unbranched alkanes of at least 4 members (excludes halogenated alkanes) is 3. The topological polar surface area (TPSA) is 54.9 Å². The van der Waals surface area contributed by atoms with Gasteiger partial charge in [-0.25, -0.2) is 0 Å². The fourth-order valence-corrected chi connectivity index (χ4v) is 3.48. The second kappa shape index (κ2) is 8.38. The molecule has 0 aliphatic carbocycles. The molecule has 0 bridgehead atoms. The van der Waals surface area contributed by atoms with Crippen LogP contribution < -0.4 is 20.2 Å². The number of benzene rings is 1. The number of hydrazone groups is 1. The first-order chi connectivity index (χ1) is 11.8. The van der Waals surface area contributed by atoms with Crippen LogP contribution >= 0.6 is 0 Å². The van der Waals surface area contributed by atoms with Crippen LogP contribution in [0.2, 0.25) is 0 Å². The van der Waals surface area contributed by atoms with E-state index in [0.717, 1.165) is 44.0 Å². The molecule has 2 N–H and O–H groups in total. The van der Waals surface area contributed by atoms with Gasteiger partial charge in [0.25, 0.3) is 0 Å². The van der Waals surface area contributed by atoms with E-state index in [2.05, 4.69) is 34.9 Å². The lowest BCUT2D eigenvalue weighted by molar-refractivity contribution is 0.284. The van der Waals surface area contributed by atoms with Crippen LogP contribution in [0.15, 0.2) is 23.3 Å². The van der Waals surface area contributed by atoms with E-state index in [1.165, 1.54) is 30.5 Å². The van der Waals surface area contributed by atoms with Crippen molar-refractivity contribution in [3.8, 4) is 11.5 Å². The van der Waals surface area contributed by atoms with E-state index in [1.807, 2.05) is 6.07 Å². The van der Waals surface area contributed by atoms with Crippen molar-refractivity contribution in [2.45, 2.75) is 45.1 Å². The van der Waals surface area contributed by atoms with Crippen molar-refractivity contribution in [1.29, 1.82) is 0 Å². The molecule has 2 heterocycles. The first kappa shape index (κ1) is 17.1. The highest BCUT2D eigenvalue weighted by molar-refractivity contribution is 5.89. The van der Waals surface area contributed by atoms with Gasteiger partial charge in [0.1, 0.15) is 0 Å². The van der Waals surface area contributed by atoms with E-state index in [-0.39, 0.29) is 6.04 Å².